The number of aromatic nitrogens is 3. The largest absolute Gasteiger partial charge is 0.316 e. The van der Waals surface area contributed by atoms with E-state index in [1.807, 2.05) is 17.9 Å². The molecule has 17 heavy (non-hydrogen) atoms. The highest BCUT2D eigenvalue weighted by atomic mass is 15.4. The third-order valence-electron chi connectivity index (χ3n) is 3.75. The number of hydrogen-bond donors (Lipinski definition) is 1. The van der Waals surface area contributed by atoms with Crippen molar-refractivity contribution in [3.63, 3.8) is 0 Å². The maximum absolute atomic E-state index is 4.05. The minimum atomic E-state index is 0.648. The van der Waals surface area contributed by atoms with E-state index in [4.69, 9.17) is 0 Å². The number of nitrogens with zero attached hydrogens (tertiary/aromatic N) is 3. The number of hydrogen-bond acceptors (Lipinski definition) is 3. The Hall–Kier alpha value is -0.900. The van der Waals surface area contributed by atoms with E-state index in [1.54, 1.807) is 0 Å². The van der Waals surface area contributed by atoms with Crippen molar-refractivity contribution in [2.24, 2.45) is 18.9 Å². The van der Waals surface area contributed by atoms with Crippen LogP contribution in [0.1, 0.15) is 44.7 Å². The molecule has 0 aromatic carbocycles. The summed E-state index contributed by atoms with van der Waals surface area (Å²) in [6, 6.07) is 0. The van der Waals surface area contributed by atoms with E-state index in [0.29, 0.717) is 5.92 Å². The lowest BCUT2D eigenvalue weighted by Crippen LogP contribution is -2.28. The Labute approximate surface area is 104 Å². The van der Waals surface area contributed by atoms with E-state index in [2.05, 4.69) is 29.5 Å². The number of rotatable bonds is 5. The molecule has 0 amide bonds. The lowest BCUT2D eigenvalue weighted by molar-refractivity contribution is 0.412. The Kier molecular flexibility index (Phi) is 4.15. The molecule has 96 valence electrons. The molecular weight excluding hydrogens is 212 g/mol. The van der Waals surface area contributed by atoms with Crippen molar-refractivity contribution in [1.82, 2.24) is 20.3 Å². The fraction of sp³-hybridized carbons (Fsp3) is 0.846. The van der Waals surface area contributed by atoms with Gasteiger partial charge in [0.1, 0.15) is 0 Å². The summed E-state index contributed by atoms with van der Waals surface area (Å²) in [5, 5.41) is 11.6. The Bertz CT molecular complexity index is 345. The second-order valence-electron chi connectivity index (χ2n) is 5.63. The summed E-state index contributed by atoms with van der Waals surface area (Å²) in [5.41, 5.74) is 1.30. The van der Waals surface area contributed by atoms with E-state index >= 15 is 0 Å². The van der Waals surface area contributed by atoms with Crippen molar-refractivity contribution in [2.45, 2.75) is 39.0 Å². The van der Waals surface area contributed by atoms with E-state index in [0.717, 1.165) is 24.9 Å². The fourth-order valence-electron chi connectivity index (χ4n) is 2.86. The molecule has 1 aromatic rings. The van der Waals surface area contributed by atoms with Crippen LogP contribution in [-0.4, -0.2) is 28.1 Å². The topological polar surface area (TPSA) is 42.7 Å². The lowest BCUT2D eigenvalue weighted by atomic mass is 9.93. The summed E-state index contributed by atoms with van der Waals surface area (Å²) < 4.78 is 1.94. The normalized spacial score (nSPS) is 24.7. The molecule has 1 heterocycles. The molecule has 2 atom stereocenters. The average Bonchev–Trinajstić information content (AvgIpc) is 2.86. The van der Waals surface area contributed by atoms with Crippen LogP contribution in [-0.2, 0) is 7.05 Å². The second-order valence-corrected chi connectivity index (χ2v) is 5.63. The minimum absolute atomic E-state index is 0.648. The van der Waals surface area contributed by atoms with Crippen LogP contribution >= 0.6 is 0 Å². The van der Waals surface area contributed by atoms with Gasteiger partial charge in [-0.05, 0) is 37.8 Å². The van der Waals surface area contributed by atoms with Gasteiger partial charge in [-0.15, -0.1) is 5.10 Å². The Morgan fingerprint density at radius 3 is 2.94 bits per heavy atom. The molecule has 0 aliphatic heterocycles. The zero-order valence-corrected chi connectivity index (χ0v) is 11.2. The third-order valence-corrected chi connectivity index (χ3v) is 3.75. The van der Waals surface area contributed by atoms with Crippen LogP contribution < -0.4 is 5.32 Å². The summed E-state index contributed by atoms with van der Waals surface area (Å²) in [7, 11) is 2.00. The van der Waals surface area contributed by atoms with Crippen molar-refractivity contribution in [3.05, 3.63) is 11.9 Å². The van der Waals surface area contributed by atoms with Gasteiger partial charge < -0.3 is 5.32 Å². The van der Waals surface area contributed by atoms with Crippen molar-refractivity contribution in [3.8, 4) is 0 Å². The first-order valence-corrected chi connectivity index (χ1v) is 6.73. The first-order chi connectivity index (χ1) is 8.18. The van der Waals surface area contributed by atoms with Crippen molar-refractivity contribution >= 4 is 0 Å². The maximum atomic E-state index is 4.05. The van der Waals surface area contributed by atoms with E-state index < -0.39 is 0 Å². The van der Waals surface area contributed by atoms with Gasteiger partial charge in [-0.25, -0.2) is 0 Å². The van der Waals surface area contributed by atoms with Gasteiger partial charge in [0.05, 0.1) is 11.9 Å². The van der Waals surface area contributed by atoms with Gasteiger partial charge in [0.25, 0.3) is 0 Å². The minimum Gasteiger partial charge on any atom is -0.316 e. The first kappa shape index (κ1) is 12.6. The van der Waals surface area contributed by atoms with Gasteiger partial charge in [0.15, 0.2) is 0 Å². The molecule has 0 saturated heterocycles. The van der Waals surface area contributed by atoms with Crippen LogP contribution in [0.2, 0.25) is 0 Å². The molecule has 1 aromatic heterocycles. The van der Waals surface area contributed by atoms with E-state index in [-0.39, 0.29) is 0 Å². The highest BCUT2D eigenvalue weighted by Crippen LogP contribution is 2.38. The highest BCUT2D eigenvalue weighted by molar-refractivity contribution is 5.07. The lowest BCUT2D eigenvalue weighted by Gasteiger charge is -2.20. The predicted octanol–water partition coefficient (Wildman–Crippen LogP) is 1.94. The maximum Gasteiger partial charge on any atom is 0.0728 e. The van der Waals surface area contributed by atoms with Gasteiger partial charge in [0.2, 0.25) is 0 Å². The molecule has 1 N–H and O–H groups in total. The average molecular weight is 236 g/mol. The molecule has 4 nitrogen and oxygen atoms in total. The van der Waals surface area contributed by atoms with Crippen molar-refractivity contribution in [2.75, 3.05) is 13.1 Å². The second kappa shape index (κ2) is 5.63. The third kappa shape index (κ3) is 3.06. The Morgan fingerprint density at radius 1 is 1.47 bits per heavy atom. The van der Waals surface area contributed by atoms with Crippen LogP contribution in [0, 0.1) is 11.8 Å². The highest BCUT2D eigenvalue weighted by Gasteiger charge is 2.30. The fourth-order valence-corrected chi connectivity index (χ4v) is 2.86. The summed E-state index contributed by atoms with van der Waals surface area (Å²) >= 11 is 0. The molecule has 1 saturated carbocycles. The smallest absolute Gasteiger partial charge is 0.0728 e. The SMILES string of the molecule is CC(C)CNCC1CCCC1c1cnnn1C. The Balaban J connectivity index is 1.91. The molecule has 1 aliphatic rings. The summed E-state index contributed by atoms with van der Waals surface area (Å²) in [6.07, 6.45) is 5.89. The summed E-state index contributed by atoms with van der Waals surface area (Å²) in [6.45, 7) is 6.76. The quantitative estimate of drug-likeness (QED) is 0.849. The van der Waals surface area contributed by atoms with E-state index in [9.17, 15) is 0 Å². The van der Waals surface area contributed by atoms with Crippen molar-refractivity contribution < 1.29 is 0 Å². The number of aryl methyl sites for hydroxylation is 1. The number of nitrogens with one attached hydrogen (secondary N) is 1. The van der Waals surface area contributed by atoms with Gasteiger partial charge >= 0.3 is 0 Å². The van der Waals surface area contributed by atoms with Crippen LogP contribution in [0.5, 0.6) is 0 Å². The van der Waals surface area contributed by atoms with Gasteiger partial charge in [-0.2, -0.15) is 0 Å². The first-order valence-electron chi connectivity index (χ1n) is 6.73. The van der Waals surface area contributed by atoms with Crippen LogP contribution in [0.4, 0.5) is 0 Å². The molecule has 0 radical (unpaired) electrons. The van der Waals surface area contributed by atoms with Gasteiger partial charge in [-0.3, -0.25) is 4.68 Å². The zero-order valence-electron chi connectivity index (χ0n) is 11.2. The van der Waals surface area contributed by atoms with Crippen LogP contribution in [0.25, 0.3) is 0 Å². The molecule has 0 bridgehead atoms. The standard InChI is InChI=1S/C13H24N4/c1-10(2)7-14-8-11-5-4-6-12(11)13-9-15-16-17(13)3/h9-12,14H,4-8H2,1-3H3. The van der Waals surface area contributed by atoms with Gasteiger partial charge in [-0.1, -0.05) is 25.5 Å². The molecule has 2 unspecified atom stereocenters. The van der Waals surface area contributed by atoms with Crippen LogP contribution in [0.3, 0.4) is 0 Å². The zero-order chi connectivity index (χ0) is 12.3. The monoisotopic (exact) mass is 236 g/mol. The van der Waals surface area contributed by atoms with Crippen LogP contribution in [0.15, 0.2) is 6.20 Å². The van der Waals surface area contributed by atoms with Gasteiger partial charge in [0, 0.05) is 13.0 Å². The molecule has 1 fully saturated rings. The van der Waals surface area contributed by atoms with E-state index in [1.165, 1.54) is 25.0 Å². The molecule has 0 spiro atoms. The summed E-state index contributed by atoms with van der Waals surface area (Å²) in [5.74, 6) is 2.13. The van der Waals surface area contributed by atoms with Crippen molar-refractivity contribution in [1.29, 1.82) is 0 Å². The Morgan fingerprint density at radius 2 is 2.29 bits per heavy atom. The molecule has 1 aliphatic carbocycles. The summed E-state index contributed by atoms with van der Waals surface area (Å²) in [4.78, 5) is 0. The molecular formula is C13H24N4. The predicted molar refractivity (Wildman–Crippen MR) is 68.8 cm³/mol. The molecule has 4 heteroatoms. The molecule has 2 rings (SSSR count).